The Morgan fingerprint density at radius 3 is 2.56 bits per heavy atom. The van der Waals surface area contributed by atoms with Gasteiger partial charge in [0.25, 0.3) is 0 Å². The van der Waals surface area contributed by atoms with E-state index >= 15 is 0 Å². The van der Waals surface area contributed by atoms with Crippen LogP contribution in [-0.2, 0) is 11.2 Å². The summed E-state index contributed by atoms with van der Waals surface area (Å²) in [7, 11) is 0. The third-order valence-electron chi connectivity index (χ3n) is 2.92. The lowest BCUT2D eigenvalue weighted by molar-refractivity contribution is -0.141. The summed E-state index contributed by atoms with van der Waals surface area (Å²) in [6, 6.07) is 7.92. The van der Waals surface area contributed by atoms with Crippen LogP contribution in [0.4, 0.5) is 5.69 Å². The van der Waals surface area contributed by atoms with E-state index in [0.29, 0.717) is 0 Å². The van der Waals surface area contributed by atoms with Gasteiger partial charge in [-0.25, -0.2) is 0 Å². The normalized spacial score (nSPS) is 14.2. The average Bonchev–Trinajstić information content (AvgIpc) is 2.28. The number of carboxylic acid groups (broad SMARTS) is 1. The van der Waals surface area contributed by atoms with Crippen LogP contribution in [0.2, 0.25) is 0 Å². The molecule has 0 aliphatic carbocycles. The minimum absolute atomic E-state index is 0.0785. The van der Waals surface area contributed by atoms with Crippen molar-refractivity contribution in [2.75, 3.05) is 5.32 Å². The monoisotopic (exact) mass is 221 g/mol. The molecule has 0 fully saturated rings. The predicted molar refractivity (Wildman–Crippen MR) is 65.7 cm³/mol. The first kappa shape index (κ1) is 12.6. The van der Waals surface area contributed by atoms with Crippen molar-refractivity contribution < 1.29 is 9.90 Å². The maximum atomic E-state index is 10.8. The van der Waals surface area contributed by atoms with Gasteiger partial charge in [-0.05, 0) is 31.9 Å². The van der Waals surface area contributed by atoms with E-state index < -0.39 is 11.9 Å². The van der Waals surface area contributed by atoms with Crippen molar-refractivity contribution in [3.63, 3.8) is 0 Å². The van der Waals surface area contributed by atoms with Gasteiger partial charge in [0, 0.05) is 11.7 Å². The van der Waals surface area contributed by atoms with Crippen LogP contribution < -0.4 is 5.32 Å². The molecule has 1 rings (SSSR count). The fourth-order valence-corrected chi connectivity index (χ4v) is 1.55. The molecule has 2 atom stereocenters. The van der Waals surface area contributed by atoms with Crippen molar-refractivity contribution in [2.24, 2.45) is 5.92 Å². The summed E-state index contributed by atoms with van der Waals surface area (Å²) in [6.45, 7) is 5.70. The van der Waals surface area contributed by atoms with E-state index in [1.165, 1.54) is 5.56 Å². The van der Waals surface area contributed by atoms with Crippen LogP contribution in [0, 0.1) is 5.92 Å². The van der Waals surface area contributed by atoms with Crippen molar-refractivity contribution >= 4 is 11.7 Å². The number of rotatable bonds is 5. The molecule has 1 aromatic rings. The van der Waals surface area contributed by atoms with Gasteiger partial charge in [-0.3, -0.25) is 4.79 Å². The van der Waals surface area contributed by atoms with Crippen LogP contribution in [-0.4, -0.2) is 17.1 Å². The highest BCUT2D eigenvalue weighted by Crippen LogP contribution is 2.18. The van der Waals surface area contributed by atoms with Gasteiger partial charge in [0.05, 0.1) is 5.92 Å². The highest BCUT2D eigenvalue weighted by atomic mass is 16.4. The molecule has 1 aromatic carbocycles. The summed E-state index contributed by atoms with van der Waals surface area (Å²) >= 11 is 0. The molecule has 0 spiro atoms. The predicted octanol–water partition coefficient (Wildman–Crippen LogP) is 2.77. The number of hydrogen-bond acceptors (Lipinski definition) is 2. The molecule has 0 radical (unpaired) electrons. The Hall–Kier alpha value is -1.51. The number of carbonyl (C=O) groups is 1. The molecule has 0 amide bonds. The number of carboxylic acids is 1. The van der Waals surface area contributed by atoms with Crippen molar-refractivity contribution in [1.29, 1.82) is 0 Å². The van der Waals surface area contributed by atoms with E-state index in [-0.39, 0.29) is 6.04 Å². The molecule has 0 heterocycles. The lowest BCUT2D eigenvalue weighted by atomic mass is 10.0. The zero-order valence-corrected chi connectivity index (χ0v) is 10.0. The van der Waals surface area contributed by atoms with Gasteiger partial charge in [-0.15, -0.1) is 0 Å². The molecule has 0 bridgehead atoms. The number of nitrogens with one attached hydrogen (secondary N) is 1. The summed E-state index contributed by atoms with van der Waals surface area (Å²) in [6.07, 6.45) is 0.942. The van der Waals surface area contributed by atoms with Gasteiger partial charge in [0.15, 0.2) is 0 Å². The van der Waals surface area contributed by atoms with Gasteiger partial charge < -0.3 is 10.4 Å². The maximum Gasteiger partial charge on any atom is 0.308 e. The molecule has 2 unspecified atom stereocenters. The average molecular weight is 221 g/mol. The first-order valence-corrected chi connectivity index (χ1v) is 5.63. The Balaban J connectivity index is 2.76. The lowest BCUT2D eigenvalue weighted by Crippen LogP contribution is -2.30. The van der Waals surface area contributed by atoms with Crippen molar-refractivity contribution in [3.05, 3.63) is 29.8 Å². The molecule has 3 heteroatoms. The molecule has 0 saturated heterocycles. The number of aliphatic carboxylic acids is 1. The maximum absolute atomic E-state index is 10.8. The van der Waals surface area contributed by atoms with Crippen LogP contribution in [0.3, 0.4) is 0 Å². The number of anilines is 1. The summed E-state index contributed by atoms with van der Waals surface area (Å²) < 4.78 is 0. The second-order valence-electron chi connectivity index (χ2n) is 4.07. The molecule has 3 nitrogen and oxygen atoms in total. The quantitative estimate of drug-likeness (QED) is 0.803. The summed E-state index contributed by atoms with van der Waals surface area (Å²) in [4.78, 5) is 10.8. The summed E-state index contributed by atoms with van der Waals surface area (Å²) in [5.41, 5.74) is 2.25. The molecule has 88 valence electrons. The molecular formula is C13H19NO2. The SMILES string of the molecule is CCc1ccccc1NC(C)C(C)C(=O)O. The first-order valence-electron chi connectivity index (χ1n) is 5.63. The van der Waals surface area contributed by atoms with E-state index in [0.717, 1.165) is 12.1 Å². The summed E-state index contributed by atoms with van der Waals surface area (Å²) in [5.74, 6) is -1.17. The Morgan fingerprint density at radius 2 is 2.00 bits per heavy atom. The Kier molecular flexibility index (Phi) is 4.35. The van der Waals surface area contributed by atoms with Crippen molar-refractivity contribution in [2.45, 2.75) is 33.2 Å². The molecule has 0 aliphatic rings. The Labute approximate surface area is 96.5 Å². The number of para-hydroxylation sites is 1. The van der Waals surface area contributed by atoms with Crippen LogP contribution in [0.15, 0.2) is 24.3 Å². The van der Waals surface area contributed by atoms with E-state index in [9.17, 15) is 4.79 Å². The molecule has 0 aliphatic heterocycles. The number of hydrogen-bond donors (Lipinski definition) is 2. The molecule has 0 saturated carbocycles. The zero-order valence-electron chi connectivity index (χ0n) is 10.0. The highest BCUT2D eigenvalue weighted by Gasteiger charge is 2.19. The largest absolute Gasteiger partial charge is 0.481 e. The van der Waals surface area contributed by atoms with Crippen molar-refractivity contribution in [3.8, 4) is 0 Å². The first-order chi connectivity index (χ1) is 7.56. The smallest absolute Gasteiger partial charge is 0.308 e. The van der Waals surface area contributed by atoms with Gasteiger partial charge in [0.1, 0.15) is 0 Å². The third-order valence-corrected chi connectivity index (χ3v) is 2.92. The second-order valence-corrected chi connectivity index (χ2v) is 4.07. The van der Waals surface area contributed by atoms with E-state index in [1.807, 2.05) is 25.1 Å². The van der Waals surface area contributed by atoms with Gasteiger partial charge >= 0.3 is 5.97 Å². The van der Waals surface area contributed by atoms with E-state index in [2.05, 4.69) is 18.3 Å². The van der Waals surface area contributed by atoms with Crippen LogP contribution in [0.1, 0.15) is 26.3 Å². The minimum atomic E-state index is -0.769. The van der Waals surface area contributed by atoms with Crippen LogP contribution in [0.25, 0.3) is 0 Å². The fraction of sp³-hybridized carbons (Fsp3) is 0.462. The Bertz CT molecular complexity index is 363. The molecule has 2 N–H and O–H groups in total. The Morgan fingerprint density at radius 1 is 1.38 bits per heavy atom. The molecular weight excluding hydrogens is 202 g/mol. The summed E-state index contributed by atoms with van der Waals surface area (Å²) in [5, 5.41) is 12.2. The van der Waals surface area contributed by atoms with Crippen LogP contribution >= 0.6 is 0 Å². The fourth-order valence-electron chi connectivity index (χ4n) is 1.55. The van der Waals surface area contributed by atoms with E-state index in [1.54, 1.807) is 6.92 Å². The van der Waals surface area contributed by atoms with Gasteiger partial charge in [-0.2, -0.15) is 0 Å². The standard InChI is InChI=1S/C13H19NO2/c1-4-11-7-5-6-8-12(11)14-10(3)9(2)13(15)16/h5-10,14H,4H2,1-3H3,(H,15,16). The minimum Gasteiger partial charge on any atom is -0.481 e. The van der Waals surface area contributed by atoms with Gasteiger partial charge in [0.2, 0.25) is 0 Å². The molecule has 0 aromatic heterocycles. The molecule has 16 heavy (non-hydrogen) atoms. The lowest BCUT2D eigenvalue weighted by Gasteiger charge is -2.20. The number of aryl methyl sites for hydroxylation is 1. The topological polar surface area (TPSA) is 49.3 Å². The number of benzene rings is 1. The zero-order chi connectivity index (χ0) is 12.1. The van der Waals surface area contributed by atoms with Crippen LogP contribution in [0.5, 0.6) is 0 Å². The second kappa shape index (κ2) is 5.54. The van der Waals surface area contributed by atoms with Gasteiger partial charge in [-0.1, -0.05) is 25.1 Å². The van der Waals surface area contributed by atoms with E-state index in [4.69, 9.17) is 5.11 Å². The third kappa shape index (κ3) is 2.99. The highest BCUT2D eigenvalue weighted by molar-refractivity contribution is 5.71. The van der Waals surface area contributed by atoms with Crippen molar-refractivity contribution in [1.82, 2.24) is 0 Å².